The number of nitrogens with zero attached hydrogens (tertiary/aromatic N) is 1. The molecule has 4 nitrogen and oxygen atoms in total. The first kappa shape index (κ1) is 17.6. The fraction of sp³-hybridized carbons (Fsp3) is 0.143. The fourth-order valence-corrected chi connectivity index (χ4v) is 2.51. The second kappa shape index (κ2) is 8.25. The van der Waals surface area contributed by atoms with E-state index in [1.165, 1.54) is 0 Å². The van der Waals surface area contributed by atoms with E-state index in [9.17, 15) is 9.18 Å². The third kappa shape index (κ3) is 4.25. The van der Waals surface area contributed by atoms with Gasteiger partial charge in [0.2, 0.25) is 0 Å². The van der Waals surface area contributed by atoms with Crippen LogP contribution in [0.25, 0.3) is 10.9 Å². The fourth-order valence-electron chi connectivity index (χ4n) is 2.51. The summed E-state index contributed by atoms with van der Waals surface area (Å²) in [6.07, 6.45) is 3.34. The van der Waals surface area contributed by atoms with Gasteiger partial charge in [-0.25, -0.2) is 4.98 Å². The van der Waals surface area contributed by atoms with Gasteiger partial charge in [-0.15, -0.1) is 6.58 Å². The molecule has 1 amide bonds. The first-order valence-electron chi connectivity index (χ1n) is 8.38. The number of hydrogen-bond donors (Lipinski definition) is 1. The summed E-state index contributed by atoms with van der Waals surface area (Å²) in [5.41, 5.74) is 1.64. The van der Waals surface area contributed by atoms with Gasteiger partial charge in [-0.05, 0) is 49.2 Å². The largest absolute Gasteiger partial charge is 0.489 e. The molecular weight excluding hydrogens is 331 g/mol. The molecule has 0 saturated carbocycles. The molecule has 0 unspecified atom stereocenters. The lowest BCUT2D eigenvalue weighted by atomic mass is 10.1. The summed E-state index contributed by atoms with van der Waals surface area (Å²) in [6.45, 7) is 4.02. The van der Waals surface area contributed by atoms with E-state index in [0.29, 0.717) is 28.8 Å². The van der Waals surface area contributed by atoms with Gasteiger partial charge in [-0.3, -0.25) is 4.79 Å². The minimum Gasteiger partial charge on any atom is -0.489 e. The van der Waals surface area contributed by atoms with Crippen LogP contribution < -0.4 is 10.1 Å². The number of halogens is 1. The van der Waals surface area contributed by atoms with Crippen molar-refractivity contribution in [3.63, 3.8) is 0 Å². The van der Waals surface area contributed by atoms with Gasteiger partial charge in [0.15, 0.2) is 5.75 Å². The number of unbranched alkanes of at least 4 members (excludes halogenated alkanes) is 1. The summed E-state index contributed by atoms with van der Waals surface area (Å²) in [4.78, 5) is 16.3. The van der Waals surface area contributed by atoms with Crippen molar-refractivity contribution in [3.05, 3.63) is 78.8 Å². The summed E-state index contributed by atoms with van der Waals surface area (Å²) in [5, 5.41) is 3.47. The number of ether oxygens (including phenoxy) is 1. The lowest BCUT2D eigenvalue weighted by Gasteiger charge is -2.09. The van der Waals surface area contributed by atoms with Crippen LogP contribution in [0.4, 0.5) is 10.1 Å². The Kier molecular flexibility index (Phi) is 5.59. The van der Waals surface area contributed by atoms with Crippen LogP contribution in [0.3, 0.4) is 0 Å². The number of hydrogen-bond acceptors (Lipinski definition) is 3. The van der Waals surface area contributed by atoms with Crippen molar-refractivity contribution in [2.75, 3.05) is 11.9 Å². The van der Waals surface area contributed by atoms with Crippen LogP contribution in [0.15, 0.2) is 67.3 Å². The van der Waals surface area contributed by atoms with Gasteiger partial charge >= 0.3 is 0 Å². The molecule has 0 fully saturated rings. The predicted molar refractivity (Wildman–Crippen MR) is 101 cm³/mol. The predicted octanol–water partition coefficient (Wildman–Crippen LogP) is 4.97. The van der Waals surface area contributed by atoms with E-state index in [4.69, 9.17) is 4.74 Å². The van der Waals surface area contributed by atoms with Crippen molar-refractivity contribution in [3.8, 4) is 5.75 Å². The van der Waals surface area contributed by atoms with E-state index >= 15 is 0 Å². The first-order valence-corrected chi connectivity index (χ1v) is 8.38. The quantitative estimate of drug-likeness (QED) is 0.372. The third-order valence-electron chi connectivity index (χ3n) is 3.84. The highest BCUT2D eigenvalue weighted by atomic mass is 19.1. The van der Waals surface area contributed by atoms with Crippen molar-refractivity contribution < 1.29 is 13.9 Å². The second-order valence-electron chi connectivity index (χ2n) is 5.78. The van der Waals surface area contributed by atoms with Crippen LogP contribution in [0, 0.1) is 5.95 Å². The summed E-state index contributed by atoms with van der Waals surface area (Å²) in [5.74, 6) is -0.810. The molecular formula is C21H19FN2O2. The van der Waals surface area contributed by atoms with E-state index in [1.807, 2.05) is 30.3 Å². The van der Waals surface area contributed by atoms with Gasteiger partial charge in [0, 0.05) is 16.6 Å². The normalized spacial score (nSPS) is 10.5. The Morgan fingerprint density at radius 3 is 2.77 bits per heavy atom. The van der Waals surface area contributed by atoms with Crippen LogP contribution in [0.5, 0.6) is 5.75 Å². The number of benzene rings is 2. The van der Waals surface area contributed by atoms with Crippen LogP contribution in [-0.2, 0) is 0 Å². The zero-order valence-electron chi connectivity index (χ0n) is 14.2. The topological polar surface area (TPSA) is 51.2 Å². The number of carbonyl (C=O) groups is 1. The molecule has 1 N–H and O–H groups in total. The molecule has 2 aromatic carbocycles. The molecule has 0 atom stereocenters. The maximum Gasteiger partial charge on any atom is 0.255 e. The SMILES string of the molecule is C=CCCCOc1cc2cc(C(=O)Nc3ccccc3)ccc2nc1F. The zero-order chi connectivity index (χ0) is 18.4. The van der Waals surface area contributed by atoms with E-state index in [-0.39, 0.29) is 11.7 Å². The zero-order valence-corrected chi connectivity index (χ0v) is 14.2. The van der Waals surface area contributed by atoms with Crippen LogP contribution >= 0.6 is 0 Å². The number of nitrogens with one attached hydrogen (secondary N) is 1. The van der Waals surface area contributed by atoms with E-state index < -0.39 is 5.95 Å². The van der Waals surface area contributed by atoms with Crippen molar-refractivity contribution >= 4 is 22.5 Å². The maximum atomic E-state index is 14.0. The molecule has 132 valence electrons. The smallest absolute Gasteiger partial charge is 0.255 e. The molecule has 3 aromatic rings. The molecule has 5 heteroatoms. The summed E-state index contributed by atoms with van der Waals surface area (Å²) in [6, 6.07) is 15.7. The highest BCUT2D eigenvalue weighted by Gasteiger charge is 2.11. The number of aromatic nitrogens is 1. The number of amides is 1. The van der Waals surface area contributed by atoms with Crippen molar-refractivity contribution in [1.82, 2.24) is 4.98 Å². The van der Waals surface area contributed by atoms with Crippen LogP contribution in [-0.4, -0.2) is 17.5 Å². The van der Waals surface area contributed by atoms with Gasteiger partial charge in [0.25, 0.3) is 11.9 Å². The monoisotopic (exact) mass is 350 g/mol. The first-order chi connectivity index (χ1) is 12.7. The lowest BCUT2D eigenvalue weighted by molar-refractivity contribution is 0.102. The van der Waals surface area contributed by atoms with E-state index in [2.05, 4.69) is 16.9 Å². The van der Waals surface area contributed by atoms with Gasteiger partial charge < -0.3 is 10.1 Å². The molecule has 0 aliphatic rings. The summed E-state index contributed by atoms with van der Waals surface area (Å²) < 4.78 is 19.5. The molecule has 0 bridgehead atoms. The minimum absolute atomic E-state index is 0.0854. The Balaban J connectivity index is 1.81. The lowest BCUT2D eigenvalue weighted by Crippen LogP contribution is -2.11. The Labute approximate surface area is 151 Å². The summed E-state index contributed by atoms with van der Waals surface area (Å²) >= 11 is 0. The third-order valence-corrected chi connectivity index (χ3v) is 3.84. The summed E-state index contributed by atoms with van der Waals surface area (Å²) in [7, 11) is 0. The number of para-hydroxylation sites is 1. The average Bonchev–Trinajstić information content (AvgIpc) is 2.66. The van der Waals surface area contributed by atoms with Gasteiger partial charge in [-0.2, -0.15) is 4.39 Å². The van der Waals surface area contributed by atoms with Crippen molar-refractivity contribution in [2.24, 2.45) is 0 Å². The number of pyridine rings is 1. The Bertz CT molecular complexity index is 926. The number of allylic oxidation sites excluding steroid dienone is 1. The van der Waals surface area contributed by atoms with Gasteiger partial charge in [0.05, 0.1) is 12.1 Å². The minimum atomic E-state index is -0.655. The number of anilines is 1. The second-order valence-corrected chi connectivity index (χ2v) is 5.78. The molecule has 0 radical (unpaired) electrons. The number of fused-ring (bicyclic) bond motifs is 1. The van der Waals surface area contributed by atoms with E-state index in [0.717, 1.165) is 12.8 Å². The highest BCUT2D eigenvalue weighted by Crippen LogP contribution is 2.23. The van der Waals surface area contributed by atoms with Gasteiger partial charge in [-0.1, -0.05) is 24.3 Å². The molecule has 1 aromatic heterocycles. The molecule has 1 heterocycles. The Morgan fingerprint density at radius 1 is 1.19 bits per heavy atom. The Hall–Kier alpha value is -3.21. The molecule has 0 saturated heterocycles. The standard InChI is InChI=1S/C21H19FN2O2/c1-2-3-7-12-26-19-14-16-13-15(10-11-18(16)24-20(19)22)21(25)23-17-8-5-4-6-9-17/h2,4-6,8-11,13-14H,1,3,7,12H2,(H,23,25). The van der Waals surface area contributed by atoms with Crippen molar-refractivity contribution in [1.29, 1.82) is 0 Å². The number of carbonyl (C=O) groups excluding carboxylic acids is 1. The van der Waals surface area contributed by atoms with Gasteiger partial charge in [0.1, 0.15) is 0 Å². The molecule has 0 aliphatic carbocycles. The average molecular weight is 350 g/mol. The molecule has 0 aliphatic heterocycles. The molecule has 3 rings (SSSR count). The molecule has 26 heavy (non-hydrogen) atoms. The van der Waals surface area contributed by atoms with E-state index in [1.54, 1.807) is 30.3 Å². The number of rotatable bonds is 7. The van der Waals surface area contributed by atoms with Crippen molar-refractivity contribution in [2.45, 2.75) is 12.8 Å². The maximum absolute atomic E-state index is 14.0. The highest BCUT2D eigenvalue weighted by molar-refractivity contribution is 6.06. The molecule has 0 spiro atoms. The van der Waals surface area contributed by atoms with Crippen LogP contribution in [0.2, 0.25) is 0 Å². The van der Waals surface area contributed by atoms with Crippen LogP contribution in [0.1, 0.15) is 23.2 Å². The Morgan fingerprint density at radius 2 is 2.00 bits per heavy atom.